The van der Waals surface area contributed by atoms with Crippen molar-refractivity contribution in [3.05, 3.63) is 83.0 Å². The fraction of sp³-hybridized carbons (Fsp3) is 0.214. The fourth-order valence-electron chi connectivity index (χ4n) is 4.31. The molecule has 0 saturated carbocycles. The second kappa shape index (κ2) is 10.5. The van der Waals surface area contributed by atoms with Crippen LogP contribution in [0.1, 0.15) is 6.42 Å². The van der Waals surface area contributed by atoms with E-state index in [1.54, 1.807) is 12.1 Å². The number of nitrogens with one attached hydrogen (secondary N) is 1. The molecule has 1 fully saturated rings. The summed E-state index contributed by atoms with van der Waals surface area (Å²) in [7, 11) is 0. The van der Waals surface area contributed by atoms with E-state index in [1.807, 2.05) is 65.6 Å². The lowest BCUT2D eigenvalue weighted by molar-refractivity contribution is -0.115. The van der Waals surface area contributed by atoms with Gasteiger partial charge < -0.3 is 19.4 Å². The SMILES string of the molecule is O=C(CCBr)Nc1ccc(-c2cccc3c(=O)cc(N4CCOCC4)oc23)cc1-c1ccccc1. The summed E-state index contributed by atoms with van der Waals surface area (Å²) < 4.78 is 11.8. The first-order valence-electron chi connectivity index (χ1n) is 11.6. The molecule has 35 heavy (non-hydrogen) atoms. The molecule has 1 amide bonds. The molecule has 6 nitrogen and oxygen atoms in total. The maximum Gasteiger partial charge on any atom is 0.225 e. The van der Waals surface area contributed by atoms with Gasteiger partial charge in [0.1, 0.15) is 5.58 Å². The molecule has 0 radical (unpaired) electrons. The van der Waals surface area contributed by atoms with E-state index in [2.05, 4.69) is 21.2 Å². The van der Waals surface area contributed by atoms with Gasteiger partial charge in [-0.05, 0) is 29.3 Å². The Morgan fingerprint density at radius 2 is 1.71 bits per heavy atom. The molecule has 1 aliphatic rings. The van der Waals surface area contributed by atoms with Gasteiger partial charge in [0.05, 0.1) is 18.6 Å². The molecule has 4 aromatic rings. The molecule has 0 atom stereocenters. The van der Waals surface area contributed by atoms with Gasteiger partial charge in [0, 0.05) is 47.7 Å². The zero-order valence-corrected chi connectivity index (χ0v) is 20.7. The lowest BCUT2D eigenvalue weighted by Gasteiger charge is -2.27. The standard InChI is InChI=1S/C28H25BrN2O4/c29-12-11-26(33)30-24-10-9-20(17-23(24)19-5-2-1-3-6-19)21-7-4-8-22-25(32)18-27(35-28(21)22)31-13-15-34-16-14-31/h1-10,17-18H,11-16H2,(H,30,33). The number of anilines is 2. The number of rotatable bonds is 6. The minimum Gasteiger partial charge on any atom is -0.440 e. The minimum atomic E-state index is -0.0727. The highest BCUT2D eigenvalue weighted by atomic mass is 79.9. The van der Waals surface area contributed by atoms with Crippen LogP contribution in [0.25, 0.3) is 33.2 Å². The topological polar surface area (TPSA) is 71.8 Å². The van der Waals surface area contributed by atoms with Crippen LogP contribution in [0.5, 0.6) is 0 Å². The van der Waals surface area contributed by atoms with Crippen molar-refractivity contribution < 1.29 is 13.9 Å². The van der Waals surface area contributed by atoms with Gasteiger partial charge in [-0.2, -0.15) is 0 Å². The van der Waals surface area contributed by atoms with Crippen LogP contribution in [0.15, 0.2) is 82.0 Å². The summed E-state index contributed by atoms with van der Waals surface area (Å²) in [6, 6.07) is 23.0. The molecule has 7 heteroatoms. The second-order valence-electron chi connectivity index (χ2n) is 8.34. The van der Waals surface area contributed by atoms with Crippen molar-refractivity contribution in [1.82, 2.24) is 0 Å². The van der Waals surface area contributed by atoms with Gasteiger partial charge in [-0.1, -0.05) is 64.5 Å². The van der Waals surface area contributed by atoms with E-state index in [1.165, 1.54) is 0 Å². The quantitative estimate of drug-likeness (QED) is 0.323. The van der Waals surface area contributed by atoms with Crippen molar-refractivity contribution in [2.75, 3.05) is 41.9 Å². The maximum absolute atomic E-state index is 13.0. The number of hydrogen-bond acceptors (Lipinski definition) is 5. The first kappa shape index (κ1) is 23.3. The molecule has 2 heterocycles. The molecule has 0 aliphatic carbocycles. The van der Waals surface area contributed by atoms with E-state index in [0.717, 1.165) is 27.9 Å². The van der Waals surface area contributed by atoms with Crippen LogP contribution >= 0.6 is 15.9 Å². The van der Waals surface area contributed by atoms with Crippen LogP contribution in [0.2, 0.25) is 0 Å². The first-order valence-corrected chi connectivity index (χ1v) is 12.7. The molecule has 178 valence electrons. The summed E-state index contributed by atoms with van der Waals surface area (Å²) in [5.74, 6) is 0.498. The summed E-state index contributed by atoms with van der Waals surface area (Å²) in [4.78, 5) is 27.4. The number of carbonyl (C=O) groups excluding carboxylic acids is 1. The van der Waals surface area contributed by atoms with Crippen molar-refractivity contribution in [1.29, 1.82) is 0 Å². The number of benzene rings is 3. The van der Waals surface area contributed by atoms with Gasteiger partial charge in [0.25, 0.3) is 0 Å². The van der Waals surface area contributed by atoms with Gasteiger partial charge in [-0.15, -0.1) is 0 Å². The lowest BCUT2D eigenvalue weighted by atomic mass is 9.96. The normalized spacial score (nSPS) is 13.7. The summed E-state index contributed by atoms with van der Waals surface area (Å²) in [5, 5.41) is 4.16. The Morgan fingerprint density at radius 1 is 0.914 bits per heavy atom. The van der Waals surface area contributed by atoms with E-state index < -0.39 is 0 Å². The van der Waals surface area contributed by atoms with Crippen LogP contribution < -0.4 is 15.6 Å². The van der Waals surface area contributed by atoms with Crippen LogP contribution in [0, 0.1) is 0 Å². The average Bonchev–Trinajstić information content (AvgIpc) is 2.90. The Balaban J connectivity index is 1.64. The van der Waals surface area contributed by atoms with E-state index in [9.17, 15) is 9.59 Å². The third-order valence-corrected chi connectivity index (χ3v) is 6.47. The van der Waals surface area contributed by atoms with Crippen molar-refractivity contribution in [3.8, 4) is 22.3 Å². The van der Waals surface area contributed by atoms with E-state index in [4.69, 9.17) is 9.15 Å². The number of carbonyl (C=O) groups is 1. The summed E-state index contributed by atoms with van der Waals surface area (Å²) in [6.45, 7) is 2.56. The molecule has 3 aromatic carbocycles. The smallest absolute Gasteiger partial charge is 0.225 e. The number of morpholine rings is 1. The molecule has 0 unspecified atom stereocenters. The van der Waals surface area contributed by atoms with Gasteiger partial charge >= 0.3 is 0 Å². The summed E-state index contributed by atoms with van der Waals surface area (Å²) >= 11 is 3.33. The van der Waals surface area contributed by atoms with Crippen LogP contribution in [0.4, 0.5) is 11.6 Å². The van der Waals surface area contributed by atoms with Gasteiger partial charge in [0.15, 0.2) is 11.3 Å². The zero-order chi connectivity index (χ0) is 24.2. The van der Waals surface area contributed by atoms with Crippen LogP contribution in [0.3, 0.4) is 0 Å². The Kier molecular flexibility index (Phi) is 6.97. The highest BCUT2D eigenvalue weighted by Gasteiger charge is 2.18. The van der Waals surface area contributed by atoms with E-state index in [0.29, 0.717) is 54.9 Å². The molecule has 5 rings (SSSR count). The third-order valence-electron chi connectivity index (χ3n) is 6.08. The largest absolute Gasteiger partial charge is 0.440 e. The van der Waals surface area contributed by atoms with Crippen molar-refractivity contribution in [2.24, 2.45) is 0 Å². The van der Waals surface area contributed by atoms with Crippen LogP contribution in [-0.4, -0.2) is 37.5 Å². The number of amides is 1. The molecule has 1 saturated heterocycles. The predicted molar refractivity (Wildman–Crippen MR) is 143 cm³/mol. The van der Waals surface area contributed by atoms with Crippen LogP contribution in [-0.2, 0) is 9.53 Å². The summed E-state index contributed by atoms with van der Waals surface area (Å²) in [5.41, 5.74) is 4.82. The van der Waals surface area contributed by atoms with E-state index in [-0.39, 0.29) is 11.3 Å². The minimum absolute atomic E-state index is 0.0573. The predicted octanol–water partition coefficient (Wildman–Crippen LogP) is 5.69. The highest BCUT2D eigenvalue weighted by molar-refractivity contribution is 9.09. The molecular formula is C28H25BrN2O4. The zero-order valence-electron chi connectivity index (χ0n) is 19.1. The Hall–Kier alpha value is -3.42. The number of para-hydroxylation sites is 1. The Morgan fingerprint density at radius 3 is 2.49 bits per heavy atom. The van der Waals surface area contributed by atoms with Crippen molar-refractivity contribution in [3.63, 3.8) is 0 Å². The second-order valence-corrected chi connectivity index (χ2v) is 9.14. The molecule has 1 N–H and O–H groups in total. The fourth-order valence-corrected chi connectivity index (χ4v) is 4.67. The number of halogens is 1. The first-order chi connectivity index (χ1) is 17.1. The average molecular weight is 533 g/mol. The monoisotopic (exact) mass is 532 g/mol. The van der Waals surface area contributed by atoms with Gasteiger partial charge in [0.2, 0.25) is 5.91 Å². The number of nitrogens with zero attached hydrogens (tertiary/aromatic N) is 1. The number of alkyl halides is 1. The number of ether oxygens (including phenoxy) is 1. The van der Waals surface area contributed by atoms with Crippen molar-refractivity contribution in [2.45, 2.75) is 6.42 Å². The number of hydrogen-bond donors (Lipinski definition) is 1. The Labute approximate surface area is 211 Å². The Bertz CT molecular complexity index is 1410. The molecule has 0 bridgehead atoms. The number of fused-ring (bicyclic) bond motifs is 1. The molecule has 0 spiro atoms. The maximum atomic E-state index is 13.0. The molecular weight excluding hydrogens is 508 g/mol. The third kappa shape index (κ3) is 5.01. The van der Waals surface area contributed by atoms with E-state index >= 15 is 0 Å². The van der Waals surface area contributed by atoms with Gasteiger partial charge in [-0.3, -0.25) is 9.59 Å². The summed E-state index contributed by atoms with van der Waals surface area (Å²) in [6.07, 6.45) is 0.384. The molecule has 1 aromatic heterocycles. The van der Waals surface area contributed by atoms with Gasteiger partial charge in [-0.25, -0.2) is 0 Å². The highest BCUT2D eigenvalue weighted by Crippen LogP contribution is 2.36. The molecule has 1 aliphatic heterocycles. The van der Waals surface area contributed by atoms with Crippen molar-refractivity contribution >= 4 is 44.4 Å². The lowest BCUT2D eigenvalue weighted by Crippen LogP contribution is -2.36.